The van der Waals surface area contributed by atoms with Crippen molar-refractivity contribution in [2.24, 2.45) is 5.92 Å². The number of pyridine rings is 1. The second-order valence-corrected chi connectivity index (χ2v) is 4.30. The fraction of sp³-hybridized carbons (Fsp3) is 0.583. The molecule has 2 N–H and O–H groups in total. The highest BCUT2D eigenvalue weighted by Crippen LogP contribution is 2.23. The molecule has 18 heavy (non-hydrogen) atoms. The summed E-state index contributed by atoms with van der Waals surface area (Å²) in [4.78, 5) is 14.5. The number of rotatable bonds is 7. The molecule has 0 aliphatic rings. The highest BCUT2D eigenvalue weighted by Gasteiger charge is 2.16. The van der Waals surface area contributed by atoms with E-state index in [1.165, 1.54) is 6.07 Å². The van der Waals surface area contributed by atoms with Crippen LogP contribution in [-0.4, -0.2) is 28.2 Å². The summed E-state index contributed by atoms with van der Waals surface area (Å²) in [6, 6.07) is 1.50. The smallest absolute Gasteiger partial charge is 0.311 e. The van der Waals surface area contributed by atoms with Crippen LogP contribution in [0.2, 0.25) is 0 Å². The summed E-state index contributed by atoms with van der Waals surface area (Å²) in [7, 11) is 0. The number of nitrogens with one attached hydrogen (secondary N) is 1. The van der Waals surface area contributed by atoms with Gasteiger partial charge in [0, 0.05) is 25.4 Å². The second kappa shape index (κ2) is 6.90. The number of anilines is 1. The van der Waals surface area contributed by atoms with Gasteiger partial charge < -0.3 is 10.4 Å². The Bertz CT molecular complexity index is 410. The molecular weight excluding hydrogens is 234 g/mol. The number of aliphatic hydroxyl groups is 1. The Morgan fingerprint density at radius 1 is 1.61 bits per heavy atom. The minimum atomic E-state index is -0.435. The molecule has 1 aromatic heterocycles. The summed E-state index contributed by atoms with van der Waals surface area (Å²) in [6.07, 6.45) is 3.19. The number of hydrogen-bond acceptors (Lipinski definition) is 5. The summed E-state index contributed by atoms with van der Waals surface area (Å²) >= 11 is 0. The Morgan fingerprint density at radius 3 is 2.89 bits per heavy atom. The highest BCUT2D eigenvalue weighted by molar-refractivity contribution is 5.56. The molecule has 0 aliphatic carbocycles. The van der Waals surface area contributed by atoms with Crippen molar-refractivity contribution in [3.63, 3.8) is 0 Å². The van der Waals surface area contributed by atoms with Gasteiger partial charge in [0.25, 0.3) is 0 Å². The van der Waals surface area contributed by atoms with E-state index < -0.39 is 4.92 Å². The van der Waals surface area contributed by atoms with Crippen LogP contribution in [0.3, 0.4) is 0 Å². The Balaban J connectivity index is 2.74. The standard InChI is InChI=1S/C12H19N3O3/c1-3-10(4-5-16)8-14-12-11(15(17)18)6-9(2)7-13-12/h6-7,10,16H,3-5,8H2,1-2H3,(H,13,14). The van der Waals surface area contributed by atoms with E-state index in [9.17, 15) is 10.1 Å². The van der Waals surface area contributed by atoms with Crippen LogP contribution in [0.4, 0.5) is 11.5 Å². The van der Waals surface area contributed by atoms with E-state index in [1.54, 1.807) is 13.1 Å². The van der Waals surface area contributed by atoms with Crippen molar-refractivity contribution in [3.05, 3.63) is 27.9 Å². The van der Waals surface area contributed by atoms with Crippen molar-refractivity contribution >= 4 is 11.5 Å². The van der Waals surface area contributed by atoms with Crippen LogP contribution in [0.1, 0.15) is 25.3 Å². The molecule has 1 rings (SSSR count). The minimum absolute atomic E-state index is 0.00569. The van der Waals surface area contributed by atoms with E-state index in [2.05, 4.69) is 10.3 Å². The van der Waals surface area contributed by atoms with Crippen molar-refractivity contribution in [1.29, 1.82) is 0 Å². The molecule has 0 bridgehead atoms. The molecule has 0 saturated heterocycles. The second-order valence-electron chi connectivity index (χ2n) is 4.30. The molecule has 0 amide bonds. The molecule has 0 saturated carbocycles. The van der Waals surface area contributed by atoms with Gasteiger partial charge in [0.2, 0.25) is 5.82 Å². The van der Waals surface area contributed by atoms with Gasteiger partial charge in [0.1, 0.15) is 0 Å². The van der Waals surface area contributed by atoms with Gasteiger partial charge in [-0.3, -0.25) is 10.1 Å². The largest absolute Gasteiger partial charge is 0.396 e. The van der Waals surface area contributed by atoms with Crippen molar-refractivity contribution in [1.82, 2.24) is 4.98 Å². The molecule has 6 nitrogen and oxygen atoms in total. The van der Waals surface area contributed by atoms with Crippen LogP contribution >= 0.6 is 0 Å². The van der Waals surface area contributed by atoms with Gasteiger partial charge >= 0.3 is 5.69 Å². The fourth-order valence-electron chi connectivity index (χ4n) is 1.70. The molecule has 0 spiro atoms. The maximum atomic E-state index is 10.9. The van der Waals surface area contributed by atoms with Gasteiger partial charge in [-0.2, -0.15) is 0 Å². The third-order valence-corrected chi connectivity index (χ3v) is 2.87. The van der Waals surface area contributed by atoms with Crippen molar-refractivity contribution in [2.75, 3.05) is 18.5 Å². The van der Waals surface area contributed by atoms with E-state index in [4.69, 9.17) is 5.11 Å². The zero-order valence-electron chi connectivity index (χ0n) is 10.7. The first-order chi connectivity index (χ1) is 8.58. The predicted octanol–water partition coefficient (Wildman–Crippen LogP) is 2.12. The number of hydrogen-bond donors (Lipinski definition) is 2. The molecule has 0 fully saturated rings. The van der Waals surface area contributed by atoms with Crippen molar-refractivity contribution in [2.45, 2.75) is 26.7 Å². The monoisotopic (exact) mass is 253 g/mol. The summed E-state index contributed by atoms with van der Waals surface area (Å²) < 4.78 is 0. The van der Waals surface area contributed by atoms with Gasteiger partial charge in [-0.25, -0.2) is 4.98 Å². The predicted molar refractivity (Wildman–Crippen MR) is 69.6 cm³/mol. The summed E-state index contributed by atoms with van der Waals surface area (Å²) in [5, 5.41) is 22.8. The lowest BCUT2D eigenvalue weighted by atomic mass is 10.0. The van der Waals surface area contributed by atoms with Gasteiger partial charge in [-0.05, 0) is 24.8 Å². The van der Waals surface area contributed by atoms with Gasteiger partial charge in [0.15, 0.2) is 0 Å². The van der Waals surface area contributed by atoms with E-state index in [-0.39, 0.29) is 18.2 Å². The topological polar surface area (TPSA) is 88.3 Å². The lowest BCUT2D eigenvalue weighted by Gasteiger charge is -2.14. The summed E-state index contributed by atoms with van der Waals surface area (Å²) in [5.41, 5.74) is 0.753. The van der Waals surface area contributed by atoms with Crippen LogP contribution < -0.4 is 5.32 Å². The number of nitro groups is 1. The first-order valence-electron chi connectivity index (χ1n) is 6.04. The third kappa shape index (κ3) is 3.96. The fourth-order valence-corrected chi connectivity index (χ4v) is 1.70. The summed E-state index contributed by atoms with van der Waals surface area (Å²) in [5.74, 6) is 0.583. The zero-order chi connectivity index (χ0) is 13.5. The molecule has 1 unspecified atom stereocenters. The Hall–Kier alpha value is -1.69. The maximum absolute atomic E-state index is 10.9. The number of nitrogens with zero attached hydrogens (tertiary/aromatic N) is 2. The Morgan fingerprint density at radius 2 is 2.33 bits per heavy atom. The molecule has 6 heteroatoms. The Kier molecular flexibility index (Phi) is 5.51. The normalized spacial score (nSPS) is 12.2. The molecule has 1 heterocycles. The molecule has 0 radical (unpaired) electrons. The van der Waals surface area contributed by atoms with E-state index in [0.717, 1.165) is 12.0 Å². The van der Waals surface area contributed by atoms with Crippen molar-refractivity contribution in [3.8, 4) is 0 Å². The highest BCUT2D eigenvalue weighted by atomic mass is 16.6. The third-order valence-electron chi connectivity index (χ3n) is 2.87. The maximum Gasteiger partial charge on any atom is 0.311 e. The van der Waals surface area contributed by atoms with E-state index >= 15 is 0 Å². The van der Waals surface area contributed by atoms with Crippen LogP contribution in [0.5, 0.6) is 0 Å². The average Bonchev–Trinajstić information content (AvgIpc) is 2.35. The first kappa shape index (κ1) is 14.4. The van der Waals surface area contributed by atoms with Crippen LogP contribution in [-0.2, 0) is 0 Å². The van der Waals surface area contributed by atoms with Gasteiger partial charge in [-0.15, -0.1) is 0 Å². The zero-order valence-corrected chi connectivity index (χ0v) is 10.7. The minimum Gasteiger partial charge on any atom is -0.396 e. The first-order valence-corrected chi connectivity index (χ1v) is 6.04. The van der Waals surface area contributed by atoms with Gasteiger partial charge in [-0.1, -0.05) is 13.3 Å². The van der Waals surface area contributed by atoms with Crippen LogP contribution in [0.15, 0.2) is 12.3 Å². The summed E-state index contributed by atoms with van der Waals surface area (Å²) in [6.45, 7) is 4.50. The number of aromatic nitrogens is 1. The molecule has 0 aromatic carbocycles. The number of aryl methyl sites for hydroxylation is 1. The van der Waals surface area contributed by atoms with Crippen molar-refractivity contribution < 1.29 is 10.0 Å². The SMILES string of the molecule is CCC(CCO)CNc1ncc(C)cc1[N+](=O)[O-]. The number of aliphatic hydroxyl groups excluding tert-OH is 1. The van der Waals surface area contributed by atoms with E-state index in [0.29, 0.717) is 18.8 Å². The van der Waals surface area contributed by atoms with E-state index in [1.807, 2.05) is 6.92 Å². The molecule has 100 valence electrons. The van der Waals surface area contributed by atoms with Crippen LogP contribution in [0, 0.1) is 23.0 Å². The molecular formula is C12H19N3O3. The Labute approximate surface area is 106 Å². The molecule has 0 aliphatic heterocycles. The average molecular weight is 253 g/mol. The quantitative estimate of drug-likeness (QED) is 0.574. The lowest BCUT2D eigenvalue weighted by Crippen LogP contribution is -2.16. The molecule has 1 aromatic rings. The lowest BCUT2D eigenvalue weighted by molar-refractivity contribution is -0.384. The van der Waals surface area contributed by atoms with Gasteiger partial charge in [0.05, 0.1) is 4.92 Å². The van der Waals surface area contributed by atoms with Crippen LogP contribution in [0.25, 0.3) is 0 Å². The molecule has 1 atom stereocenters.